The molecule has 2 aromatic heterocycles. The van der Waals surface area contributed by atoms with Crippen molar-refractivity contribution in [3.8, 4) is 0 Å². The van der Waals surface area contributed by atoms with Gasteiger partial charge in [-0.1, -0.05) is 29.5 Å². The zero-order valence-electron chi connectivity index (χ0n) is 14.8. The maximum absolute atomic E-state index is 12.9. The van der Waals surface area contributed by atoms with Crippen LogP contribution in [0.25, 0.3) is 16.6 Å². The summed E-state index contributed by atoms with van der Waals surface area (Å²) in [5.41, 5.74) is 1.19. The van der Waals surface area contributed by atoms with Crippen LogP contribution < -0.4 is 10.9 Å². The molecule has 140 valence electrons. The molecule has 0 atom stereocenters. The van der Waals surface area contributed by atoms with Gasteiger partial charge in [-0.25, -0.2) is 4.79 Å². The van der Waals surface area contributed by atoms with Crippen LogP contribution in [-0.4, -0.2) is 38.4 Å². The molecule has 0 fully saturated rings. The Hall–Kier alpha value is -4.01. The monoisotopic (exact) mass is 377 g/mol. The molecular formula is C19H15N5O4. The number of amides is 1. The quantitative estimate of drug-likeness (QED) is 0.540. The lowest BCUT2D eigenvalue weighted by Gasteiger charge is -2.12. The smallest absolute Gasteiger partial charge is 0.339 e. The molecule has 0 spiro atoms. The molecule has 0 aliphatic carbocycles. The molecule has 0 saturated carbocycles. The standard InChI is InChI=1S/C19H15N5O4/c1-28-19(27)12-6-2-4-8-14(12)21-16(25)11-23-17-10-20-22-24(17)15-9-5-3-7-13(15)18(23)26/h2-10H,11H2,1H3,(H,21,25). The van der Waals surface area contributed by atoms with Crippen LogP contribution in [0.3, 0.4) is 0 Å². The van der Waals surface area contributed by atoms with Gasteiger partial charge in [0, 0.05) is 0 Å². The first-order valence-corrected chi connectivity index (χ1v) is 8.39. The highest BCUT2D eigenvalue weighted by Gasteiger charge is 2.17. The van der Waals surface area contributed by atoms with Crippen molar-refractivity contribution in [1.29, 1.82) is 0 Å². The van der Waals surface area contributed by atoms with E-state index in [9.17, 15) is 14.4 Å². The van der Waals surface area contributed by atoms with Gasteiger partial charge in [0.25, 0.3) is 5.56 Å². The molecular weight excluding hydrogens is 362 g/mol. The van der Waals surface area contributed by atoms with Crippen LogP contribution in [0.2, 0.25) is 0 Å². The van der Waals surface area contributed by atoms with Gasteiger partial charge >= 0.3 is 5.97 Å². The predicted molar refractivity (Wildman–Crippen MR) is 101 cm³/mol. The molecule has 4 rings (SSSR count). The summed E-state index contributed by atoms with van der Waals surface area (Å²) in [4.78, 5) is 37.4. The van der Waals surface area contributed by atoms with Crippen molar-refractivity contribution < 1.29 is 14.3 Å². The van der Waals surface area contributed by atoms with Crippen LogP contribution in [0, 0.1) is 0 Å². The van der Waals surface area contributed by atoms with Crippen LogP contribution in [0.5, 0.6) is 0 Å². The van der Waals surface area contributed by atoms with Crippen molar-refractivity contribution >= 4 is 34.1 Å². The Morgan fingerprint density at radius 2 is 1.86 bits per heavy atom. The molecule has 9 nitrogen and oxygen atoms in total. The van der Waals surface area contributed by atoms with Gasteiger partial charge in [0.15, 0.2) is 5.65 Å². The Labute approximate surface area is 158 Å². The average Bonchev–Trinajstić information content (AvgIpc) is 3.21. The fourth-order valence-electron chi connectivity index (χ4n) is 3.04. The molecule has 1 N–H and O–H groups in total. The van der Waals surface area contributed by atoms with Gasteiger partial charge in [-0.05, 0) is 24.3 Å². The van der Waals surface area contributed by atoms with E-state index < -0.39 is 11.9 Å². The molecule has 0 saturated heterocycles. The van der Waals surface area contributed by atoms with Gasteiger partial charge in [-0.3, -0.25) is 14.2 Å². The van der Waals surface area contributed by atoms with Crippen molar-refractivity contribution in [2.75, 3.05) is 12.4 Å². The Kier molecular flexibility index (Phi) is 4.32. The molecule has 9 heteroatoms. The van der Waals surface area contributed by atoms with Gasteiger partial charge in [-0.2, -0.15) is 4.52 Å². The molecule has 28 heavy (non-hydrogen) atoms. The van der Waals surface area contributed by atoms with Gasteiger partial charge < -0.3 is 10.1 Å². The van der Waals surface area contributed by atoms with Crippen LogP contribution in [-0.2, 0) is 16.1 Å². The summed E-state index contributed by atoms with van der Waals surface area (Å²) >= 11 is 0. The van der Waals surface area contributed by atoms with E-state index in [1.54, 1.807) is 48.5 Å². The maximum atomic E-state index is 12.9. The Morgan fingerprint density at radius 1 is 1.11 bits per heavy atom. The number of anilines is 1. The average molecular weight is 377 g/mol. The summed E-state index contributed by atoms with van der Waals surface area (Å²) < 4.78 is 7.52. The number of nitrogens with one attached hydrogen (secondary N) is 1. The molecule has 0 aliphatic heterocycles. The van der Waals surface area contributed by atoms with Crippen LogP contribution in [0.4, 0.5) is 5.69 Å². The summed E-state index contributed by atoms with van der Waals surface area (Å²) in [6.07, 6.45) is 1.42. The molecule has 0 bridgehead atoms. The van der Waals surface area contributed by atoms with Gasteiger partial charge in [0.05, 0.1) is 35.5 Å². The zero-order valence-corrected chi connectivity index (χ0v) is 14.8. The molecule has 2 heterocycles. The first-order valence-electron chi connectivity index (χ1n) is 8.39. The number of carbonyl (C=O) groups excluding carboxylic acids is 2. The molecule has 4 aromatic rings. The topological polar surface area (TPSA) is 108 Å². The lowest BCUT2D eigenvalue weighted by atomic mass is 10.2. The first kappa shape index (κ1) is 17.4. The van der Waals surface area contributed by atoms with Gasteiger partial charge in [0.1, 0.15) is 6.54 Å². The minimum absolute atomic E-state index is 0.223. The fourth-order valence-corrected chi connectivity index (χ4v) is 3.04. The van der Waals surface area contributed by atoms with E-state index in [1.807, 2.05) is 0 Å². The minimum Gasteiger partial charge on any atom is -0.465 e. The van der Waals surface area contributed by atoms with E-state index >= 15 is 0 Å². The number of nitrogens with zero attached hydrogens (tertiary/aromatic N) is 4. The highest BCUT2D eigenvalue weighted by atomic mass is 16.5. The highest BCUT2D eigenvalue weighted by molar-refractivity contribution is 6.01. The lowest BCUT2D eigenvalue weighted by molar-refractivity contribution is -0.116. The SMILES string of the molecule is COC(=O)c1ccccc1NC(=O)Cn1c(=O)c2ccccc2n2nncc12. The number of ether oxygens (including phenoxy) is 1. The largest absolute Gasteiger partial charge is 0.465 e. The third-order valence-corrected chi connectivity index (χ3v) is 4.32. The number of hydrogen-bond acceptors (Lipinski definition) is 6. The number of carbonyl (C=O) groups is 2. The molecule has 0 unspecified atom stereocenters. The van der Waals surface area contributed by atoms with Crippen molar-refractivity contribution in [3.05, 3.63) is 70.6 Å². The second kappa shape index (κ2) is 6.95. The molecule has 2 aromatic carbocycles. The fraction of sp³-hybridized carbons (Fsp3) is 0.105. The van der Waals surface area contributed by atoms with Gasteiger partial charge in [-0.15, -0.1) is 5.10 Å². The van der Waals surface area contributed by atoms with Crippen LogP contribution >= 0.6 is 0 Å². The second-order valence-electron chi connectivity index (χ2n) is 6.00. The van der Waals surface area contributed by atoms with E-state index in [-0.39, 0.29) is 17.7 Å². The van der Waals surface area contributed by atoms with E-state index in [0.717, 1.165) is 0 Å². The summed E-state index contributed by atoms with van der Waals surface area (Å²) in [5.74, 6) is -1.04. The maximum Gasteiger partial charge on any atom is 0.339 e. The van der Waals surface area contributed by atoms with Crippen molar-refractivity contribution in [2.24, 2.45) is 0 Å². The van der Waals surface area contributed by atoms with E-state index in [2.05, 4.69) is 15.6 Å². The zero-order chi connectivity index (χ0) is 19.7. The minimum atomic E-state index is -0.568. The number of fused-ring (bicyclic) bond motifs is 3. The van der Waals surface area contributed by atoms with Gasteiger partial charge in [0.2, 0.25) is 5.91 Å². The number of rotatable bonds is 4. The number of para-hydroxylation sites is 2. The molecule has 0 radical (unpaired) electrons. The Bertz CT molecular complexity index is 1270. The summed E-state index contributed by atoms with van der Waals surface area (Å²) in [7, 11) is 1.26. The third-order valence-electron chi connectivity index (χ3n) is 4.32. The predicted octanol–water partition coefficient (Wildman–Crippen LogP) is 1.47. The van der Waals surface area contributed by atoms with Crippen LogP contribution in [0.1, 0.15) is 10.4 Å². The number of methoxy groups -OCH3 is 1. The normalized spacial score (nSPS) is 10.9. The Morgan fingerprint density at radius 3 is 2.68 bits per heavy atom. The van der Waals surface area contributed by atoms with E-state index in [4.69, 9.17) is 4.74 Å². The van der Waals surface area contributed by atoms with Crippen LogP contribution in [0.15, 0.2) is 59.5 Å². The number of aromatic nitrogens is 4. The Balaban J connectivity index is 1.72. The molecule has 1 amide bonds. The number of esters is 1. The van der Waals surface area contributed by atoms with E-state index in [0.29, 0.717) is 22.2 Å². The third kappa shape index (κ3) is 2.88. The summed E-state index contributed by atoms with van der Waals surface area (Å²) in [6, 6.07) is 13.4. The number of benzene rings is 2. The summed E-state index contributed by atoms with van der Waals surface area (Å²) in [6.45, 7) is -0.268. The second-order valence-corrected chi connectivity index (χ2v) is 6.00. The van der Waals surface area contributed by atoms with Crippen molar-refractivity contribution in [1.82, 2.24) is 19.4 Å². The highest BCUT2D eigenvalue weighted by Crippen LogP contribution is 2.16. The first-order chi connectivity index (χ1) is 13.6. The lowest BCUT2D eigenvalue weighted by Crippen LogP contribution is -2.29. The molecule has 0 aliphatic rings. The summed E-state index contributed by atoms with van der Waals surface area (Å²) in [5, 5.41) is 10.9. The number of hydrogen-bond donors (Lipinski definition) is 1. The van der Waals surface area contributed by atoms with Crippen molar-refractivity contribution in [3.63, 3.8) is 0 Å². The van der Waals surface area contributed by atoms with E-state index in [1.165, 1.54) is 22.4 Å². The van der Waals surface area contributed by atoms with Crippen molar-refractivity contribution in [2.45, 2.75) is 6.54 Å².